The van der Waals surface area contributed by atoms with Crippen molar-refractivity contribution >= 4 is 11.8 Å². The summed E-state index contributed by atoms with van der Waals surface area (Å²) >= 11 is 1.58. The molecule has 1 aromatic rings. The summed E-state index contributed by atoms with van der Waals surface area (Å²) in [5.74, 6) is 0.588. The number of thioether (sulfide) groups is 1. The second-order valence-corrected chi connectivity index (χ2v) is 4.78. The number of halogens is 1. The molecule has 0 aromatic heterocycles. The zero-order valence-corrected chi connectivity index (χ0v) is 9.69. The monoisotopic (exact) mass is 225 g/mol. The van der Waals surface area contributed by atoms with Gasteiger partial charge in [0.25, 0.3) is 0 Å². The molecule has 1 atom stereocenters. The number of benzene rings is 1. The van der Waals surface area contributed by atoms with Gasteiger partial charge in [-0.3, -0.25) is 0 Å². The summed E-state index contributed by atoms with van der Waals surface area (Å²) in [5.41, 5.74) is 6.97. The van der Waals surface area contributed by atoms with Gasteiger partial charge in [0.15, 0.2) is 0 Å². The molecule has 82 valence electrons. The van der Waals surface area contributed by atoms with E-state index in [9.17, 15) is 4.39 Å². The number of rotatable bonds is 5. The maximum Gasteiger partial charge on any atom is 0.124 e. The van der Waals surface area contributed by atoms with Crippen molar-refractivity contribution in [1.82, 2.24) is 0 Å². The minimum atomic E-state index is -0.200. The van der Waals surface area contributed by atoms with Crippen LogP contribution < -0.4 is 5.73 Å². The van der Waals surface area contributed by atoms with Crippen molar-refractivity contribution in [1.29, 1.82) is 0 Å². The van der Waals surface area contributed by atoms with Crippen molar-refractivity contribution in [3.05, 3.63) is 42.2 Å². The summed E-state index contributed by atoms with van der Waals surface area (Å²) in [6.07, 6.45) is 0.822. The lowest BCUT2D eigenvalue weighted by molar-refractivity contribution is 0.624. The van der Waals surface area contributed by atoms with Crippen molar-refractivity contribution in [2.45, 2.75) is 24.3 Å². The highest BCUT2D eigenvalue weighted by Crippen LogP contribution is 2.20. The Hall–Kier alpha value is -0.800. The second-order valence-electron chi connectivity index (χ2n) is 3.69. The summed E-state index contributed by atoms with van der Waals surface area (Å²) in [7, 11) is 0. The minimum Gasteiger partial charge on any atom is -0.327 e. The summed E-state index contributed by atoms with van der Waals surface area (Å²) in [6.45, 7) is 5.78. The van der Waals surface area contributed by atoms with E-state index in [1.165, 1.54) is 12.1 Å². The zero-order valence-electron chi connectivity index (χ0n) is 8.87. The quantitative estimate of drug-likeness (QED) is 0.615. The molecule has 0 amide bonds. The fourth-order valence-electron chi connectivity index (χ4n) is 1.27. The molecule has 1 rings (SSSR count). The molecule has 1 unspecified atom stereocenters. The van der Waals surface area contributed by atoms with E-state index in [1.807, 2.05) is 13.0 Å². The van der Waals surface area contributed by atoms with Gasteiger partial charge in [-0.15, -0.1) is 18.3 Å². The first-order valence-corrected chi connectivity index (χ1v) is 5.85. The molecule has 0 aliphatic heterocycles. The molecule has 2 N–H and O–H groups in total. The summed E-state index contributed by atoms with van der Waals surface area (Å²) in [5, 5.41) is 0. The second kappa shape index (κ2) is 5.93. The first-order valence-electron chi connectivity index (χ1n) is 4.86. The average Bonchev–Trinajstić information content (AvgIpc) is 2.14. The molecule has 0 saturated carbocycles. The molecule has 3 heteroatoms. The first kappa shape index (κ1) is 12.3. The van der Waals surface area contributed by atoms with Gasteiger partial charge in [-0.05, 0) is 31.5 Å². The van der Waals surface area contributed by atoms with E-state index in [0.29, 0.717) is 0 Å². The van der Waals surface area contributed by atoms with Crippen LogP contribution in [0.5, 0.6) is 0 Å². The Morgan fingerprint density at radius 3 is 2.93 bits per heavy atom. The van der Waals surface area contributed by atoms with Crippen molar-refractivity contribution < 1.29 is 4.39 Å². The molecule has 1 nitrogen and oxygen atoms in total. The van der Waals surface area contributed by atoms with E-state index >= 15 is 0 Å². The predicted octanol–water partition coefficient (Wildman–Crippen LogP) is 3.21. The number of nitrogens with two attached hydrogens (primary N) is 1. The SMILES string of the molecule is C=C(C)CC(N)CSc1cccc(F)c1. The van der Waals surface area contributed by atoms with Gasteiger partial charge in [-0.25, -0.2) is 4.39 Å². The third kappa shape index (κ3) is 5.00. The molecule has 0 bridgehead atoms. The van der Waals surface area contributed by atoms with Gasteiger partial charge in [0.2, 0.25) is 0 Å². The number of hydrogen-bond acceptors (Lipinski definition) is 2. The molecule has 0 aliphatic rings. The summed E-state index contributed by atoms with van der Waals surface area (Å²) in [6, 6.07) is 6.66. The maximum absolute atomic E-state index is 12.8. The van der Waals surface area contributed by atoms with Crippen LogP contribution in [0.3, 0.4) is 0 Å². The lowest BCUT2D eigenvalue weighted by Gasteiger charge is -2.10. The van der Waals surface area contributed by atoms with Crippen LogP contribution >= 0.6 is 11.8 Å². The molecule has 0 heterocycles. The zero-order chi connectivity index (χ0) is 11.3. The Morgan fingerprint density at radius 1 is 1.60 bits per heavy atom. The van der Waals surface area contributed by atoms with Crippen LogP contribution in [-0.2, 0) is 0 Å². The Balaban J connectivity index is 2.40. The fourth-order valence-corrected chi connectivity index (χ4v) is 2.16. The maximum atomic E-state index is 12.8. The minimum absolute atomic E-state index is 0.0933. The van der Waals surface area contributed by atoms with Gasteiger partial charge in [0.1, 0.15) is 5.82 Å². The van der Waals surface area contributed by atoms with Gasteiger partial charge in [0.05, 0.1) is 0 Å². The first-order chi connectivity index (χ1) is 7.08. The molecule has 0 saturated heterocycles. The van der Waals surface area contributed by atoms with Gasteiger partial charge in [0, 0.05) is 16.7 Å². The van der Waals surface area contributed by atoms with Gasteiger partial charge >= 0.3 is 0 Å². The molecular formula is C12H16FNS. The molecule has 0 spiro atoms. The molecular weight excluding hydrogens is 209 g/mol. The molecule has 15 heavy (non-hydrogen) atoms. The third-order valence-corrected chi connectivity index (χ3v) is 3.05. The normalized spacial score (nSPS) is 12.5. The lowest BCUT2D eigenvalue weighted by atomic mass is 10.1. The van der Waals surface area contributed by atoms with Crippen LogP contribution in [0.25, 0.3) is 0 Å². The van der Waals surface area contributed by atoms with E-state index in [-0.39, 0.29) is 11.9 Å². The summed E-state index contributed by atoms with van der Waals surface area (Å²) in [4.78, 5) is 0.923. The Labute approximate surface area is 94.6 Å². The Morgan fingerprint density at radius 2 is 2.33 bits per heavy atom. The largest absolute Gasteiger partial charge is 0.327 e. The smallest absolute Gasteiger partial charge is 0.124 e. The molecule has 0 fully saturated rings. The van der Waals surface area contributed by atoms with Crippen LogP contribution in [0.2, 0.25) is 0 Å². The Bertz CT molecular complexity index is 338. The van der Waals surface area contributed by atoms with Crippen LogP contribution in [0.1, 0.15) is 13.3 Å². The van der Waals surface area contributed by atoms with E-state index in [4.69, 9.17) is 5.73 Å². The highest BCUT2D eigenvalue weighted by Gasteiger charge is 2.04. The van der Waals surface area contributed by atoms with Crippen LogP contribution in [0.15, 0.2) is 41.3 Å². The average molecular weight is 225 g/mol. The van der Waals surface area contributed by atoms with E-state index in [0.717, 1.165) is 22.6 Å². The molecule has 0 aliphatic carbocycles. The van der Waals surface area contributed by atoms with Crippen molar-refractivity contribution in [3.8, 4) is 0 Å². The lowest BCUT2D eigenvalue weighted by Crippen LogP contribution is -2.22. The van der Waals surface area contributed by atoms with E-state index in [2.05, 4.69) is 6.58 Å². The summed E-state index contributed by atoms with van der Waals surface area (Å²) < 4.78 is 12.8. The van der Waals surface area contributed by atoms with Crippen molar-refractivity contribution in [2.24, 2.45) is 5.73 Å². The van der Waals surface area contributed by atoms with Gasteiger partial charge in [-0.2, -0.15) is 0 Å². The Kier molecular flexibility index (Phi) is 4.85. The van der Waals surface area contributed by atoms with Crippen molar-refractivity contribution in [3.63, 3.8) is 0 Å². The highest BCUT2D eigenvalue weighted by atomic mass is 32.2. The van der Waals surface area contributed by atoms with E-state index < -0.39 is 0 Å². The van der Waals surface area contributed by atoms with Crippen LogP contribution in [0.4, 0.5) is 4.39 Å². The predicted molar refractivity (Wildman–Crippen MR) is 64.5 cm³/mol. The van der Waals surface area contributed by atoms with Crippen LogP contribution in [-0.4, -0.2) is 11.8 Å². The van der Waals surface area contributed by atoms with Gasteiger partial charge in [-0.1, -0.05) is 11.6 Å². The van der Waals surface area contributed by atoms with Crippen molar-refractivity contribution in [2.75, 3.05) is 5.75 Å². The van der Waals surface area contributed by atoms with Gasteiger partial charge < -0.3 is 5.73 Å². The fraction of sp³-hybridized carbons (Fsp3) is 0.333. The standard InChI is InChI=1S/C12H16FNS/c1-9(2)6-11(14)8-15-12-5-3-4-10(13)7-12/h3-5,7,11H,1,6,8,14H2,2H3. The number of hydrogen-bond donors (Lipinski definition) is 1. The highest BCUT2D eigenvalue weighted by molar-refractivity contribution is 7.99. The third-order valence-electron chi connectivity index (χ3n) is 1.87. The molecule has 1 aromatic carbocycles. The molecule has 0 radical (unpaired) electrons. The van der Waals surface area contributed by atoms with Crippen LogP contribution in [0, 0.1) is 5.82 Å². The topological polar surface area (TPSA) is 26.0 Å². The van der Waals surface area contributed by atoms with E-state index in [1.54, 1.807) is 17.8 Å².